The molecule has 1 aromatic rings. The Balaban J connectivity index is 2.66. The summed E-state index contributed by atoms with van der Waals surface area (Å²) < 4.78 is 5.11. The summed E-state index contributed by atoms with van der Waals surface area (Å²) in [7, 11) is 1.66. The van der Waals surface area contributed by atoms with Crippen LogP contribution in [0.25, 0.3) is 0 Å². The number of rotatable bonds is 4. The Hall–Kier alpha value is -1.02. The quantitative estimate of drug-likeness (QED) is 0.766. The Morgan fingerprint density at radius 2 is 2.23 bits per heavy atom. The van der Waals surface area contributed by atoms with Crippen LogP contribution in [0, 0.1) is 5.92 Å². The first-order valence-corrected chi connectivity index (χ1v) is 4.50. The zero-order valence-electron chi connectivity index (χ0n) is 8.16. The molecule has 0 amide bonds. The van der Waals surface area contributed by atoms with Gasteiger partial charge in [-0.15, -0.1) is 0 Å². The van der Waals surface area contributed by atoms with Crippen molar-refractivity contribution in [2.75, 3.05) is 13.7 Å². The highest BCUT2D eigenvalue weighted by atomic mass is 16.5. The van der Waals surface area contributed by atoms with Gasteiger partial charge in [0.25, 0.3) is 0 Å². The summed E-state index contributed by atoms with van der Waals surface area (Å²) >= 11 is 0. The number of ether oxygens (including phenoxy) is 1. The standard InChI is InChI=1S/C11H16O2/c1-9(8-12)6-10-4-3-5-11(7-10)13-2/h3-5,7,9,12H,6,8H2,1-2H3. The molecule has 0 aliphatic carbocycles. The molecule has 0 heterocycles. The molecule has 1 unspecified atom stereocenters. The molecule has 13 heavy (non-hydrogen) atoms. The first kappa shape index (κ1) is 10.1. The molecule has 0 bridgehead atoms. The summed E-state index contributed by atoms with van der Waals surface area (Å²) in [6, 6.07) is 7.95. The van der Waals surface area contributed by atoms with Crippen LogP contribution in [0.15, 0.2) is 24.3 Å². The second-order valence-electron chi connectivity index (χ2n) is 3.34. The van der Waals surface area contributed by atoms with E-state index in [1.165, 1.54) is 5.56 Å². The van der Waals surface area contributed by atoms with Crippen molar-refractivity contribution >= 4 is 0 Å². The molecule has 2 nitrogen and oxygen atoms in total. The molecule has 0 radical (unpaired) electrons. The summed E-state index contributed by atoms with van der Waals surface area (Å²) in [6.07, 6.45) is 0.897. The summed E-state index contributed by atoms with van der Waals surface area (Å²) in [4.78, 5) is 0. The smallest absolute Gasteiger partial charge is 0.119 e. The van der Waals surface area contributed by atoms with Crippen LogP contribution in [0.4, 0.5) is 0 Å². The van der Waals surface area contributed by atoms with Gasteiger partial charge in [0, 0.05) is 6.61 Å². The molecule has 0 aliphatic heterocycles. The van der Waals surface area contributed by atoms with E-state index in [-0.39, 0.29) is 6.61 Å². The molecule has 72 valence electrons. The Morgan fingerprint density at radius 1 is 1.46 bits per heavy atom. The van der Waals surface area contributed by atoms with Crippen LogP contribution >= 0.6 is 0 Å². The highest BCUT2D eigenvalue weighted by Crippen LogP contribution is 2.15. The van der Waals surface area contributed by atoms with Gasteiger partial charge in [-0.25, -0.2) is 0 Å². The van der Waals surface area contributed by atoms with Crippen LogP contribution in [0.2, 0.25) is 0 Å². The number of aliphatic hydroxyl groups is 1. The van der Waals surface area contributed by atoms with Gasteiger partial charge < -0.3 is 9.84 Å². The molecular weight excluding hydrogens is 164 g/mol. The van der Waals surface area contributed by atoms with E-state index in [1.54, 1.807) is 7.11 Å². The lowest BCUT2D eigenvalue weighted by molar-refractivity contribution is 0.237. The van der Waals surface area contributed by atoms with Crippen molar-refractivity contribution < 1.29 is 9.84 Å². The summed E-state index contributed by atoms with van der Waals surface area (Å²) in [6.45, 7) is 2.26. The van der Waals surface area contributed by atoms with Crippen molar-refractivity contribution in [2.24, 2.45) is 5.92 Å². The molecule has 0 aliphatic rings. The van der Waals surface area contributed by atoms with Gasteiger partial charge in [-0.1, -0.05) is 19.1 Å². The molecule has 0 saturated carbocycles. The Morgan fingerprint density at radius 3 is 2.85 bits per heavy atom. The molecular formula is C11H16O2. The van der Waals surface area contributed by atoms with Crippen LogP contribution in [-0.4, -0.2) is 18.8 Å². The largest absolute Gasteiger partial charge is 0.497 e. The van der Waals surface area contributed by atoms with Gasteiger partial charge >= 0.3 is 0 Å². The zero-order valence-corrected chi connectivity index (χ0v) is 8.16. The Bertz CT molecular complexity index is 258. The molecule has 1 aromatic carbocycles. The monoisotopic (exact) mass is 180 g/mol. The first-order valence-electron chi connectivity index (χ1n) is 4.50. The average Bonchev–Trinajstić information content (AvgIpc) is 2.18. The first-order chi connectivity index (χ1) is 6.26. The number of benzene rings is 1. The van der Waals surface area contributed by atoms with E-state index in [2.05, 4.69) is 6.07 Å². The van der Waals surface area contributed by atoms with Crippen molar-refractivity contribution in [1.29, 1.82) is 0 Å². The van der Waals surface area contributed by atoms with E-state index in [9.17, 15) is 0 Å². The van der Waals surface area contributed by atoms with Crippen molar-refractivity contribution in [2.45, 2.75) is 13.3 Å². The molecule has 1 atom stereocenters. The Labute approximate surface area is 79.2 Å². The summed E-state index contributed by atoms with van der Waals surface area (Å²) in [5, 5.41) is 8.89. The van der Waals surface area contributed by atoms with Gasteiger partial charge in [-0.2, -0.15) is 0 Å². The van der Waals surface area contributed by atoms with E-state index in [0.29, 0.717) is 5.92 Å². The van der Waals surface area contributed by atoms with Crippen molar-refractivity contribution in [3.63, 3.8) is 0 Å². The topological polar surface area (TPSA) is 29.5 Å². The summed E-state index contributed by atoms with van der Waals surface area (Å²) in [5.41, 5.74) is 1.21. The number of aliphatic hydroxyl groups excluding tert-OH is 1. The lowest BCUT2D eigenvalue weighted by atomic mass is 10.0. The fraction of sp³-hybridized carbons (Fsp3) is 0.455. The maximum Gasteiger partial charge on any atom is 0.119 e. The minimum atomic E-state index is 0.233. The SMILES string of the molecule is COc1cccc(CC(C)CO)c1. The van der Waals surface area contributed by atoms with E-state index in [1.807, 2.05) is 25.1 Å². The van der Waals surface area contributed by atoms with Gasteiger partial charge in [0.05, 0.1) is 7.11 Å². The minimum absolute atomic E-state index is 0.233. The highest BCUT2D eigenvalue weighted by Gasteiger charge is 2.02. The average molecular weight is 180 g/mol. The van der Waals surface area contributed by atoms with Crippen LogP contribution < -0.4 is 4.74 Å². The fourth-order valence-electron chi connectivity index (χ4n) is 1.27. The molecule has 2 heteroatoms. The third-order valence-corrected chi connectivity index (χ3v) is 2.03. The van der Waals surface area contributed by atoms with Crippen molar-refractivity contribution in [3.05, 3.63) is 29.8 Å². The zero-order chi connectivity index (χ0) is 9.68. The highest BCUT2D eigenvalue weighted by molar-refractivity contribution is 5.28. The molecule has 0 aromatic heterocycles. The molecule has 0 saturated heterocycles. The maximum absolute atomic E-state index is 8.89. The lowest BCUT2D eigenvalue weighted by Crippen LogP contribution is -2.04. The van der Waals surface area contributed by atoms with Crippen molar-refractivity contribution in [1.82, 2.24) is 0 Å². The molecule has 1 N–H and O–H groups in total. The fourth-order valence-corrected chi connectivity index (χ4v) is 1.27. The minimum Gasteiger partial charge on any atom is -0.497 e. The van der Waals surface area contributed by atoms with E-state index in [4.69, 9.17) is 9.84 Å². The van der Waals surface area contributed by atoms with Crippen molar-refractivity contribution in [3.8, 4) is 5.75 Å². The van der Waals surface area contributed by atoms with Crippen LogP contribution in [-0.2, 0) is 6.42 Å². The Kier molecular flexibility index (Phi) is 3.77. The molecule has 0 fully saturated rings. The molecule has 1 rings (SSSR count). The lowest BCUT2D eigenvalue weighted by Gasteiger charge is -2.08. The maximum atomic E-state index is 8.89. The third kappa shape index (κ3) is 3.07. The number of hydrogen-bond acceptors (Lipinski definition) is 2. The van der Waals surface area contributed by atoms with E-state index in [0.717, 1.165) is 12.2 Å². The van der Waals surface area contributed by atoms with Gasteiger partial charge in [-0.05, 0) is 30.0 Å². The van der Waals surface area contributed by atoms with E-state index < -0.39 is 0 Å². The number of methoxy groups -OCH3 is 1. The predicted molar refractivity (Wildman–Crippen MR) is 52.9 cm³/mol. The number of hydrogen-bond donors (Lipinski definition) is 1. The van der Waals surface area contributed by atoms with Gasteiger partial charge in [-0.3, -0.25) is 0 Å². The van der Waals surface area contributed by atoms with E-state index >= 15 is 0 Å². The van der Waals surface area contributed by atoms with Gasteiger partial charge in [0.1, 0.15) is 5.75 Å². The van der Waals surface area contributed by atoms with Gasteiger partial charge in [0.2, 0.25) is 0 Å². The normalized spacial score (nSPS) is 12.5. The van der Waals surface area contributed by atoms with Gasteiger partial charge in [0.15, 0.2) is 0 Å². The molecule has 0 spiro atoms. The second-order valence-corrected chi connectivity index (χ2v) is 3.34. The predicted octanol–water partition coefficient (Wildman–Crippen LogP) is 1.87. The van der Waals surface area contributed by atoms with Crippen LogP contribution in [0.5, 0.6) is 5.75 Å². The second kappa shape index (κ2) is 4.87. The summed E-state index contributed by atoms with van der Waals surface area (Å²) in [5.74, 6) is 1.19. The third-order valence-electron chi connectivity index (χ3n) is 2.03. The van der Waals surface area contributed by atoms with Crippen LogP contribution in [0.1, 0.15) is 12.5 Å². The van der Waals surface area contributed by atoms with Crippen LogP contribution in [0.3, 0.4) is 0 Å².